The molecule has 5 heteroatoms. The molecule has 4 nitrogen and oxygen atoms in total. The Bertz CT molecular complexity index is 351. The largest absolute Gasteiger partial charge is 0.342 e. The van der Waals surface area contributed by atoms with E-state index in [0.29, 0.717) is 12.8 Å². The van der Waals surface area contributed by atoms with Crippen LogP contribution < -0.4 is 0 Å². The van der Waals surface area contributed by atoms with Gasteiger partial charge in [0.25, 0.3) is 0 Å². The van der Waals surface area contributed by atoms with Crippen LogP contribution in [0.15, 0.2) is 0 Å². The molecule has 0 spiro atoms. The van der Waals surface area contributed by atoms with Gasteiger partial charge in [-0.05, 0) is 12.8 Å². The number of carbonyl (C=O) groups is 1. The molecule has 0 aromatic heterocycles. The topological polar surface area (TPSA) is 54.5 Å². The molecule has 100 valence electrons. The normalized spacial score (nSPS) is 22.6. The van der Waals surface area contributed by atoms with Crippen molar-refractivity contribution in [2.75, 3.05) is 18.6 Å². The number of hydrogen-bond acceptors (Lipinski definition) is 3. The molecule has 0 aromatic carbocycles. The molecule has 1 amide bonds. The van der Waals surface area contributed by atoms with Gasteiger partial charge in [0.15, 0.2) is 9.84 Å². The smallest absolute Gasteiger partial charge is 0.222 e. The Morgan fingerprint density at radius 2 is 2.00 bits per heavy atom. The van der Waals surface area contributed by atoms with Crippen molar-refractivity contribution >= 4 is 15.7 Å². The summed E-state index contributed by atoms with van der Waals surface area (Å²) in [6, 6.07) is -0.0984. The van der Waals surface area contributed by atoms with Crippen LogP contribution in [-0.2, 0) is 14.6 Å². The van der Waals surface area contributed by atoms with Crippen molar-refractivity contribution in [3.63, 3.8) is 0 Å². The lowest BCUT2D eigenvalue weighted by Crippen LogP contribution is -2.37. The summed E-state index contributed by atoms with van der Waals surface area (Å²) in [4.78, 5) is 13.5. The Kier molecular flexibility index (Phi) is 5.43. The second-order valence-corrected chi connectivity index (χ2v) is 7.10. The fourth-order valence-corrected chi connectivity index (χ4v) is 3.94. The van der Waals surface area contributed by atoms with Crippen LogP contribution in [0.5, 0.6) is 0 Å². The fourth-order valence-electron chi connectivity index (χ4n) is 2.16. The lowest BCUT2D eigenvalue weighted by molar-refractivity contribution is -0.131. The highest BCUT2D eigenvalue weighted by Crippen LogP contribution is 2.17. The minimum atomic E-state index is -2.90. The van der Waals surface area contributed by atoms with Crippen molar-refractivity contribution in [1.82, 2.24) is 4.90 Å². The van der Waals surface area contributed by atoms with Crippen LogP contribution in [0, 0.1) is 0 Å². The third-order valence-corrected chi connectivity index (χ3v) is 5.14. The van der Waals surface area contributed by atoms with Crippen molar-refractivity contribution in [3.05, 3.63) is 0 Å². The van der Waals surface area contributed by atoms with E-state index in [4.69, 9.17) is 0 Å². The molecule has 17 heavy (non-hydrogen) atoms. The predicted molar refractivity (Wildman–Crippen MR) is 68.6 cm³/mol. The number of unbranched alkanes of at least 4 members (excludes halogenated alkanes) is 3. The van der Waals surface area contributed by atoms with Gasteiger partial charge in [-0.25, -0.2) is 8.42 Å². The first kappa shape index (κ1) is 14.5. The van der Waals surface area contributed by atoms with Gasteiger partial charge in [-0.2, -0.15) is 0 Å². The quantitative estimate of drug-likeness (QED) is 0.682. The lowest BCUT2D eigenvalue weighted by Gasteiger charge is -2.23. The van der Waals surface area contributed by atoms with E-state index in [2.05, 4.69) is 6.92 Å². The second kappa shape index (κ2) is 6.38. The van der Waals surface area contributed by atoms with Crippen molar-refractivity contribution < 1.29 is 13.2 Å². The van der Waals surface area contributed by atoms with E-state index < -0.39 is 9.84 Å². The first-order valence-electron chi connectivity index (χ1n) is 6.42. The van der Waals surface area contributed by atoms with E-state index in [1.807, 2.05) is 0 Å². The molecule has 0 saturated carbocycles. The number of sulfone groups is 1. The lowest BCUT2D eigenvalue weighted by atomic mass is 10.1. The number of carbonyl (C=O) groups excluding carboxylic acids is 1. The van der Waals surface area contributed by atoms with Crippen LogP contribution in [0.2, 0.25) is 0 Å². The Morgan fingerprint density at radius 1 is 1.29 bits per heavy atom. The molecule has 1 atom stereocenters. The molecule has 1 rings (SSSR count). The van der Waals surface area contributed by atoms with Crippen molar-refractivity contribution in [2.45, 2.75) is 51.5 Å². The average Bonchev–Trinajstić information content (AvgIpc) is 2.64. The maximum atomic E-state index is 11.8. The van der Waals surface area contributed by atoms with Gasteiger partial charge in [-0.1, -0.05) is 26.2 Å². The van der Waals surface area contributed by atoms with Crippen LogP contribution in [0.3, 0.4) is 0 Å². The zero-order valence-corrected chi connectivity index (χ0v) is 11.6. The van der Waals surface area contributed by atoms with Gasteiger partial charge in [-0.15, -0.1) is 0 Å². The molecular weight excluding hydrogens is 238 g/mol. The highest BCUT2D eigenvalue weighted by Gasteiger charge is 2.32. The van der Waals surface area contributed by atoms with Gasteiger partial charge in [0.05, 0.1) is 11.5 Å². The SMILES string of the molecule is CCCCCCC(=O)N(C)C1CCS(=O)(=O)C1. The summed E-state index contributed by atoms with van der Waals surface area (Å²) in [6.45, 7) is 2.14. The monoisotopic (exact) mass is 261 g/mol. The third kappa shape index (κ3) is 4.66. The molecule has 1 aliphatic heterocycles. The summed E-state index contributed by atoms with van der Waals surface area (Å²) in [6.07, 6.45) is 5.46. The highest BCUT2D eigenvalue weighted by atomic mass is 32.2. The molecule has 0 N–H and O–H groups in total. The molecule has 1 heterocycles. The van der Waals surface area contributed by atoms with Gasteiger partial charge in [0.2, 0.25) is 5.91 Å². The fraction of sp³-hybridized carbons (Fsp3) is 0.917. The molecule has 0 bridgehead atoms. The molecular formula is C12H23NO3S. The first-order valence-corrected chi connectivity index (χ1v) is 8.24. The molecule has 1 saturated heterocycles. The van der Waals surface area contributed by atoms with E-state index in [1.165, 1.54) is 0 Å². The minimum absolute atomic E-state index is 0.0863. The van der Waals surface area contributed by atoms with Crippen LogP contribution in [0.1, 0.15) is 45.4 Å². The third-order valence-electron chi connectivity index (χ3n) is 3.39. The molecule has 1 aliphatic rings. The summed E-state index contributed by atoms with van der Waals surface area (Å²) in [5.41, 5.74) is 0. The summed E-state index contributed by atoms with van der Waals surface area (Å²) in [5.74, 6) is 0.457. The van der Waals surface area contributed by atoms with E-state index in [9.17, 15) is 13.2 Å². The molecule has 1 fully saturated rings. The van der Waals surface area contributed by atoms with E-state index in [1.54, 1.807) is 11.9 Å². The van der Waals surface area contributed by atoms with E-state index in [0.717, 1.165) is 25.7 Å². The zero-order chi connectivity index (χ0) is 12.9. The van der Waals surface area contributed by atoms with Crippen LogP contribution >= 0.6 is 0 Å². The standard InChI is InChI=1S/C12H23NO3S/c1-3-4-5-6-7-12(14)13(2)11-8-9-17(15,16)10-11/h11H,3-10H2,1-2H3. The number of amides is 1. The summed E-state index contributed by atoms with van der Waals surface area (Å²) >= 11 is 0. The number of hydrogen-bond donors (Lipinski definition) is 0. The molecule has 0 aliphatic carbocycles. The number of rotatable bonds is 6. The van der Waals surface area contributed by atoms with E-state index >= 15 is 0 Å². The summed E-state index contributed by atoms with van der Waals surface area (Å²) in [7, 11) is -1.17. The van der Waals surface area contributed by atoms with E-state index in [-0.39, 0.29) is 23.5 Å². The summed E-state index contributed by atoms with van der Waals surface area (Å²) < 4.78 is 22.7. The maximum Gasteiger partial charge on any atom is 0.222 e. The molecule has 0 aromatic rings. The first-order chi connectivity index (χ1) is 7.96. The number of nitrogens with zero attached hydrogens (tertiary/aromatic N) is 1. The van der Waals surface area contributed by atoms with Gasteiger partial charge < -0.3 is 4.90 Å². The maximum absolute atomic E-state index is 11.8. The Morgan fingerprint density at radius 3 is 2.53 bits per heavy atom. The predicted octanol–water partition coefficient (Wildman–Crippen LogP) is 1.60. The van der Waals surface area contributed by atoms with Gasteiger partial charge in [-0.3, -0.25) is 4.79 Å². The van der Waals surface area contributed by atoms with Crippen LogP contribution in [0.25, 0.3) is 0 Å². The Labute approximate surface area is 104 Å². The van der Waals surface area contributed by atoms with Gasteiger partial charge >= 0.3 is 0 Å². The van der Waals surface area contributed by atoms with Gasteiger partial charge in [0, 0.05) is 19.5 Å². The van der Waals surface area contributed by atoms with Crippen molar-refractivity contribution in [1.29, 1.82) is 0 Å². The average molecular weight is 261 g/mol. The highest BCUT2D eigenvalue weighted by molar-refractivity contribution is 7.91. The molecule has 1 unspecified atom stereocenters. The van der Waals surface area contributed by atoms with Crippen molar-refractivity contribution in [3.8, 4) is 0 Å². The zero-order valence-electron chi connectivity index (χ0n) is 10.8. The summed E-state index contributed by atoms with van der Waals surface area (Å²) in [5, 5.41) is 0. The van der Waals surface area contributed by atoms with Gasteiger partial charge in [0.1, 0.15) is 0 Å². The Balaban J connectivity index is 2.32. The van der Waals surface area contributed by atoms with Crippen LogP contribution in [0.4, 0.5) is 0 Å². The molecule has 0 radical (unpaired) electrons. The van der Waals surface area contributed by atoms with Crippen molar-refractivity contribution in [2.24, 2.45) is 0 Å². The second-order valence-electron chi connectivity index (χ2n) is 4.87. The minimum Gasteiger partial charge on any atom is -0.342 e. The Hall–Kier alpha value is -0.580. The van der Waals surface area contributed by atoms with Crippen LogP contribution in [-0.4, -0.2) is 43.8 Å².